The van der Waals surface area contributed by atoms with Crippen LogP contribution in [0.15, 0.2) is 36.7 Å². The third-order valence-corrected chi connectivity index (χ3v) is 5.55. The lowest BCUT2D eigenvalue weighted by molar-refractivity contribution is -0.145. The van der Waals surface area contributed by atoms with Crippen LogP contribution < -0.4 is 4.74 Å². The molecular weight excluding hydrogens is 389 g/mol. The lowest BCUT2D eigenvalue weighted by Crippen LogP contribution is -2.31. The second-order valence-corrected chi connectivity index (χ2v) is 7.57. The number of alkyl halides is 3. The van der Waals surface area contributed by atoms with Gasteiger partial charge in [0.15, 0.2) is 0 Å². The third-order valence-electron chi connectivity index (χ3n) is 4.54. The minimum Gasteiger partial charge on any atom is -0.496 e. The van der Waals surface area contributed by atoms with E-state index < -0.39 is 12.0 Å². The molecule has 3 aromatic rings. The van der Waals surface area contributed by atoms with Crippen LogP contribution >= 0.6 is 11.3 Å². The first-order valence-corrected chi connectivity index (χ1v) is 9.48. The predicted octanol–water partition coefficient (Wildman–Crippen LogP) is 4.19. The van der Waals surface area contributed by atoms with Gasteiger partial charge in [-0.25, -0.2) is 15.0 Å². The molecule has 3 heterocycles. The van der Waals surface area contributed by atoms with E-state index in [9.17, 15) is 13.2 Å². The fourth-order valence-electron chi connectivity index (χ4n) is 3.19. The summed E-state index contributed by atoms with van der Waals surface area (Å²) in [5.41, 5.74) is 2.17. The Labute approximate surface area is 163 Å². The highest BCUT2D eigenvalue weighted by molar-refractivity contribution is 7.15. The number of halogens is 3. The first-order valence-electron chi connectivity index (χ1n) is 8.66. The molecule has 0 N–H and O–H groups in total. The minimum atomic E-state index is -4.51. The number of hydrogen-bond acceptors (Lipinski definition) is 6. The van der Waals surface area contributed by atoms with Crippen LogP contribution in [0.3, 0.4) is 0 Å². The van der Waals surface area contributed by atoms with Crippen LogP contribution in [0.2, 0.25) is 0 Å². The zero-order chi connectivity index (χ0) is 19.7. The average Bonchev–Trinajstić information content (AvgIpc) is 3.15. The van der Waals surface area contributed by atoms with Crippen molar-refractivity contribution >= 4 is 11.3 Å². The minimum absolute atomic E-state index is 0.471. The van der Waals surface area contributed by atoms with Crippen molar-refractivity contribution in [2.24, 2.45) is 0 Å². The van der Waals surface area contributed by atoms with Gasteiger partial charge >= 0.3 is 6.18 Å². The van der Waals surface area contributed by atoms with Gasteiger partial charge in [-0.15, -0.1) is 11.3 Å². The Kier molecular flexibility index (Phi) is 5.03. The number of nitrogens with zero attached hydrogens (tertiary/aromatic N) is 4. The number of rotatable bonds is 4. The van der Waals surface area contributed by atoms with Crippen molar-refractivity contribution in [2.75, 3.05) is 13.7 Å². The van der Waals surface area contributed by atoms with Crippen molar-refractivity contribution in [3.8, 4) is 16.3 Å². The second-order valence-electron chi connectivity index (χ2n) is 6.46. The first kappa shape index (κ1) is 18.8. The Balaban J connectivity index is 1.47. The van der Waals surface area contributed by atoms with Crippen molar-refractivity contribution in [1.82, 2.24) is 19.9 Å². The summed E-state index contributed by atoms with van der Waals surface area (Å²) in [4.78, 5) is 14.9. The highest BCUT2D eigenvalue weighted by Gasteiger charge is 2.35. The van der Waals surface area contributed by atoms with E-state index in [1.807, 2.05) is 30.5 Å². The van der Waals surface area contributed by atoms with Crippen molar-refractivity contribution in [1.29, 1.82) is 0 Å². The number of ether oxygens (including phenoxy) is 1. The van der Waals surface area contributed by atoms with E-state index in [1.165, 1.54) is 6.20 Å². The zero-order valence-corrected chi connectivity index (χ0v) is 15.8. The molecule has 0 aliphatic carbocycles. The van der Waals surface area contributed by atoms with Gasteiger partial charge in [0.05, 0.1) is 18.4 Å². The van der Waals surface area contributed by atoms with Gasteiger partial charge < -0.3 is 4.74 Å². The number of para-hydroxylation sites is 1. The van der Waals surface area contributed by atoms with E-state index in [2.05, 4.69) is 19.9 Å². The van der Waals surface area contributed by atoms with Crippen molar-refractivity contribution in [3.63, 3.8) is 0 Å². The largest absolute Gasteiger partial charge is 0.496 e. The van der Waals surface area contributed by atoms with Crippen molar-refractivity contribution in [2.45, 2.75) is 25.7 Å². The summed E-state index contributed by atoms with van der Waals surface area (Å²) in [6, 6.07) is 7.71. The molecule has 5 nitrogen and oxygen atoms in total. The van der Waals surface area contributed by atoms with E-state index in [0.29, 0.717) is 31.7 Å². The number of fused-ring (bicyclic) bond motifs is 1. The maximum absolute atomic E-state index is 12.8. The summed E-state index contributed by atoms with van der Waals surface area (Å²) in [6.45, 7) is 1.84. The molecular formula is C19H17F3N4OS. The number of benzene rings is 1. The zero-order valence-electron chi connectivity index (χ0n) is 15.0. The molecule has 0 atom stereocenters. The summed E-state index contributed by atoms with van der Waals surface area (Å²) in [7, 11) is 1.63. The van der Waals surface area contributed by atoms with Gasteiger partial charge in [0.1, 0.15) is 10.8 Å². The maximum Gasteiger partial charge on any atom is 0.451 e. The Bertz CT molecular complexity index is 989. The van der Waals surface area contributed by atoms with Crippen LogP contribution in [0.5, 0.6) is 5.75 Å². The quantitative estimate of drug-likeness (QED) is 0.651. The lowest BCUT2D eigenvalue weighted by Gasteiger charge is -2.27. The van der Waals surface area contributed by atoms with E-state index in [-0.39, 0.29) is 0 Å². The van der Waals surface area contributed by atoms with E-state index in [4.69, 9.17) is 4.74 Å². The first-order chi connectivity index (χ1) is 13.4. The highest BCUT2D eigenvalue weighted by atomic mass is 32.1. The standard InChI is InChI=1S/C19H17F3N4OS/c1-27-16-5-3-2-4-14(16)17-23-9-13(28-17)11-26-7-6-15-12(10-26)8-24-18(25-15)19(20,21)22/h2-5,8-9H,6-7,10-11H2,1H3. The lowest BCUT2D eigenvalue weighted by atomic mass is 10.1. The third kappa shape index (κ3) is 3.85. The van der Waals surface area contributed by atoms with Crippen LogP contribution in [0.1, 0.15) is 22.0 Å². The Morgan fingerprint density at radius 2 is 2.00 bits per heavy atom. The fraction of sp³-hybridized carbons (Fsp3) is 0.316. The molecule has 1 aliphatic rings. The number of thiazole rings is 1. The molecule has 4 rings (SSSR count). The van der Waals surface area contributed by atoms with Gasteiger partial charge in [0, 0.05) is 48.9 Å². The molecule has 2 aromatic heterocycles. The molecule has 0 spiro atoms. The normalized spacial score (nSPS) is 14.7. The predicted molar refractivity (Wildman–Crippen MR) is 99.0 cm³/mol. The van der Waals surface area contributed by atoms with Gasteiger partial charge in [-0.05, 0) is 12.1 Å². The van der Waals surface area contributed by atoms with Crippen molar-refractivity contribution in [3.05, 3.63) is 58.6 Å². The highest BCUT2D eigenvalue weighted by Crippen LogP contribution is 2.33. The summed E-state index contributed by atoms with van der Waals surface area (Å²) < 4.78 is 43.7. The van der Waals surface area contributed by atoms with Gasteiger partial charge in [0.2, 0.25) is 5.82 Å². The molecule has 0 saturated heterocycles. The van der Waals surface area contributed by atoms with Crippen LogP contribution in [0, 0.1) is 0 Å². The van der Waals surface area contributed by atoms with Crippen LogP contribution in [0.25, 0.3) is 10.6 Å². The SMILES string of the molecule is COc1ccccc1-c1ncc(CN2CCc3nc(C(F)(F)F)ncc3C2)s1. The number of methoxy groups -OCH3 is 1. The molecule has 9 heteroatoms. The Morgan fingerprint density at radius 1 is 1.18 bits per heavy atom. The van der Waals surface area contributed by atoms with Gasteiger partial charge in [-0.3, -0.25) is 4.90 Å². The Morgan fingerprint density at radius 3 is 2.79 bits per heavy atom. The molecule has 0 amide bonds. The summed E-state index contributed by atoms with van der Waals surface area (Å²) >= 11 is 1.58. The van der Waals surface area contributed by atoms with Gasteiger partial charge in [-0.2, -0.15) is 13.2 Å². The van der Waals surface area contributed by atoms with Crippen LogP contribution in [0.4, 0.5) is 13.2 Å². The number of aromatic nitrogens is 3. The molecule has 0 radical (unpaired) electrons. The molecule has 0 fully saturated rings. The Hall–Kier alpha value is -2.52. The average molecular weight is 406 g/mol. The van der Waals surface area contributed by atoms with E-state index in [1.54, 1.807) is 18.4 Å². The van der Waals surface area contributed by atoms with Crippen LogP contribution in [-0.2, 0) is 25.7 Å². The summed E-state index contributed by atoms with van der Waals surface area (Å²) in [5, 5.41) is 0.878. The fourth-order valence-corrected chi connectivity index (χ4v) is 4.18. The molecule has 28 heavy (non-hydrogen) atoms. The molecule has 0 saturated carbocycles. The summed E-state index contributed by atoms with van der Waals surface area (Å²) in [6.07, 6.45) is -0.905. The van der Waals surface area contributed by atoms with Crippen LogP contribution in [-0.4, -0.2) is 33.5 Å². The maximum atomic E-state index is 12.8. The molecule has 1 aromatic carbocycles. The smallest absolute Gasteiger partial charge is 0.451 e. The summed E-state index contributed by atoms with van der Waals surface area (Å²) in [5.74, 6) is -0.295. The molecule has 0 unspecified atom stereocenters. The molecule has 0 bridgehead atoms. The monoisotopic (exact) mass is 406 g/mol. The second kappa shape index (κ2) is 7.48. The van der Waals surface area contributed by atoms with Gasteiger partial charge in [0.25, 0.3) is 0 Å². The molecule has 146 valence electrons. The van der Waals surface area contributed by atoms with E-state index >= 15 is 0 Å². The number of hydrogen-bond donors (Lipinski definition) is 0. The topological polar surface area (TPSA) is 51.1 Å². The van der Waals surface area contributed by atoms with Gasteiger partial charge in [-0.1, -0.05) is 12.1 Å². The van der Waals surface area contributed by atoms with Crippen molar-refractivity contribution < 1.29 is 17.9 Å². The molecule has 1 aliphatic heterocycles. The van der Waals surface area contributed by atoms with E-state index in [0.717, 1.165) is 26.8 Å².